The average Bonchev–Trinajstić information content (AvgIpc) is 3.90. The van der Waals surface area contributed by atoms with Crippen molar-refractivity contribution in [1.82, 2.24) is 0 Å². The average molecular weight is 813 g/mol. The second-order valence-electron chi connectivity index (χ2n) is 16.6. The van der Waals surface area contributed by atoms with Gasteiger partial charge in [-0.2, -0.15) is 0 Å². The molecule has 4 heterocycles. The molecule has 11 aromatic rings. The van der Waals surface area contributed by atoms with Gasteiger partial charge in [0.2, 0.25) is 0 Å². The minimum Gasteiger partial charge on any atom is -0.458 e. The quantitative estimate of drug-likeness (QED) is 0.156. The van der Waals surface area contributed by atoms with Crippen molar-refractivity contribution in [2.45, 2.75) is 13.8 Å². The fraction of sp³-hybridized carbons (Fsp3) is 0.0357. The van der Waals surface area contributed by atoms with Crippen LogP contribution >= 0.6 is 0 Å². The SMILES string of the molecule is Cc1ccc(N(c2ccc3c(c2)Oc2cccc4c2B3c2ccc(N(c3ccc(C)cc3)c3cccc5c3oc3ccccc35)cc2O4)c2cccc3c2oc2ccccc23)cc1. The van der Waals surface area contributed by atoms with Crippen LogP contribution in [-0.4, -0.2) is 6.71 Å². The molecule has 0 unspecified atom stereocenters. The predicted octanol–water partition coefficient (Wildman–Crippen LogP) is 13.8. The molecular weight excluding hydrogens is 775 g/mol. The molecule has 2 aromatic heterocycles. The van der Waals surface area contributed by atoms with Crippen molar-refractivity contribution in [3.8, 4) is 23.0 Å². The molecule has 7 heteroatoms. The summed E-state index contributed by atoms with van der Waals surface area (Å²) < 4.78 is 26.9. The zero-order valence-electron chi connectivity index (χ0n) is 34.5. The number of rotatable bonds is 6. The minimum absolute atomic E-state index is 0.120. The van der Waals surface area contributed by atoms with Crippen LogP contribution in [0.4, 0.5) is 34.1 Å². The largest absolute Gasteiger partial charge is 0.458 e. The molecule has 2 aliphatic heterocycles. The van der Waals surface area contributed by atoms with Gasteiger partial charge >= 0.3 is 0 Å². The molecule has 0 radical (unpaired) electrons. The molecule has 6 nitrogen and oxygen atoms in total. The maximum Gasteiger partial charge on any atom is 0.260 e. The second-order valence-corrected chi connectivity index (χ2v) is 16.6. The van der Waals surface area contributed by atoms with E-state index in [1.807, 2.05) is 42.5 Å². The number of aryl methyl sites for hydroxylation is 2. The molecule has 0 aliphatic carbocycles. The lowest BCUT2D eigenvalue weighted by Gasteiger charge is -2.34. The summed E-state index contributed by atoms with van der Waals surface area (Å²) >= 11 is 0. The molecule has 0 N–H and O–H groups in total. The van der Waals surface area contributed by atoms with Gasteiger partial charge in [0.05, 0.1) is 11.4 Å². The van der Waals surface area contributed by atoms with Gasteiger partial charge in [0.1, 0.15) is 34.2 Å². The van der Waals surface area contributed by atoms with Crippen molar-refractivity contribution in [2.24, 2.45) is 0 Å². The number of hydrogen-bond donors (Lipinski definition) is 0. The first-order chi connectivity index (χ1) is 31.0. The van der Waals surface area contributed by atoms with E-state index in [9.17, 15) is 0 Å². The number of ether oxygens (including phenoxy) is 2. The molecule has 63 heavy (non-hydrogen) atoms. The number of anilines is 6. The third-order valence-electron chi connectivity index (χ3n) is 12.7. The molecule has 0 amide bonds. The first-order valence-corrected chi connectivity index (χ1v) is 21.3. The highest BCUT2D eigenvalue weighted by atomic mass is 16.5. The van der Waals surface area contributed by atoms with Gasteiger partial charge in [-0.15, -0.1) is 0 Å². The smallest absolute Gasteiger partial charge is 0.260 e. The zero-order chi connectivity index (χ0) is 41.8. The number of furan rings is 2. The van der Waals surface area contributed by atoms with Gasteiger partial charge in [0.15, 0.2) is 11.2 Å². The lowest BCUT2D eigenvalue weighted by atomic mass is 9.35. The van der Waals surface area contributed by atoms with E-state index in [1.54, 1.807) is 0 Å². The number of nitrogens with zero attached hydrogens (tertiary/aromatic N) is 2. The van der Waals surface area contributed by atoms with E-state index in [0.29, 0.717) is 0 Å². The van der Waals surface area contributed by atoms with Gasteiger partial charge in [0, 0.05) is 61.9 Å². The number of fused-ring (bicyclic) bond motifs is 10. The molecule has 2 aliphatic rings. The zero-order valence-corrected chi connectivity index (χ0v) is 34.5. The molecular formula is C56H37BN2O4. The van der Waals surface area contributed by atoms with Gasteiger partial charge in [-0.25, -0.2) is 0 Å². The Hall–Kier alpha value is -8.16. The van der Waals surface area contributed by atoms with Crippen molar-refractivity contribution < 1.29 is 18.3 Å². The van der Waals surface area contributed by atoms with Crippen LogP contribution in [-0.2, 0) is 0 Å². The Labute approximate surface area is 363 Å². The van der Waals surface area contributed by atoms with Crippen molar-refractivity contribution >= 4 is 101 Å². The molecule has 0 saturated carbocycles. The summed E-state index contributed by atoms with van der Waals surface area (Å²) in [7, 11) is 0. The highest BCUT2D eigenvalue weighted by molar-refractivity contribution is 6.98. The fourth-order valence-corrected chi connectivity index (χ4v) is 9.74. The monoisotopic (exact) mass is 812 g/mol. The van der Waals surface area contributed by atoms with Crippen molar-refractivity contribution in [2.75, 3.05) is 9.80 Å². The molecule has 0 spiro atoms. The summed E-state index contributed by atoms with van der Waals surface area (Å²) in [6.45, 7) is 4.11. The summed E-state index contributed by atoms with van der Waals surface area (Å²) in [6.07, 6.45) is 0. The van der Waals surface area contributed by atoms with E-state index in [0.717, 1.165) is 117 Å². The summed E-state index contributed by atoms with van der Waals surface area (Å²) in [4.78, 5) is 4.54. The Bertz CT molecular complexity index is 3390. The third kappa shape index (κ3) is 5.53. The summed E-state index contributed by atoms with van der Waals surface area (Å²) in [5.41, 5.74) is 14.8. The molecule has 0 saturated heterocycles. The summed E-state index contributed by atoms with van der Waals surface area (Å²) in [5.74, 6) is 3.17. The standard InChI is InChI=1S/C56H37BN2O4/c1-34-20-24-36(25-21-34)58(46-14-7-12-42-40-10-3-5-16-48(40)62-55(42)46)38-28-30-44-52(32-38)60-50-18-9-19-51-54(50)57(44)45-31-29-39(33-53(45)61-51)59(37-26-22-35(2)23-27-37)47-15-8-13-43-41-11-4-6-17-49(41)63-56(43)47/h3-33H,1-2H3. The first-order valence-electron chi connectivity index (χ1n) is 21.3. The van der Waals surface area contributed by atoms with Crippen LogP contribution in [0, 0.1) is 13.8 Å². The second kappa shape index (κ2) is 13.7. The van der Waals surface area contributed by atoms with Crippen LogP contribution in [0.2, 0.25) is 0 Å². The van der Waals surface area contributed by atoms with Crippen LogP contribution in [0.25, 0.3) is 43.9 Å². The molecule has 0 atom stereocenters. The highest BCUT2D eigenvalue weighted by Gasteiger charge is 2.41. The van der Waals surface area contributed by atoms with Gasteiger partial charge in [-0.3, -0.25) is 0 Å². The maximum atomic E-state index is 6.86. The molecule has 298 valence electrons. The van der Waals surface area contributed by atoms with Gasteiger partial charge < -0.3 is 28.1 Å². The fourth-order valence-electron chi connectivity index (χ4n) is 9.74. The number of para-hydroxylation sites is 4. The minimum atomic E-state index is -0.120. The Morgan fingerprint density at radius 1 is 0.365 bits per heavy atom. The van der Waals surface area contributed by atoms with Crippen molar-refractivity contribution in [3.05, 3.63) is 199 Å². The Morgan fingerprint density at radius 2 is 0.778 bits per heavy atom. The maximum absolute atomic E-state index is 6.86. The lowest BCUT2D eigenvalue weighted by molar-refractivity contribution is 0.464. The van der Waals surface area contributed by atoms with E-state index in [2.05, 4.69) is 169 Å². The summed E-state index contributed by atoms with van der Waals surface area (Å²) in [5, 5.41) is 4.33. The van der Waals surface area contributed by atoms with Crippen LogP contribution in [0.5, 0.6) is 23.0 Å². The Balaban J connectivity index is 0.959. The van der Waals surface area contributed by atoms with Crippen molar-refractivity contribution in [3.63, 3.8) is 0 Å². The van der Waals surface area contributed by atoms with E-state index in [1.165, 1.54) is 11.1 Å². The lowest BCUT2D eigenvalue weighted by Crippen LogP contribution is -2.57. The molecule has 13 rings (SSSR count). The van der Waals surface area contributed by atoms with Gasteiger partial charge in [-0.05, 0) is 97.6 Å². The van der Waals surface area contributed by atoms with Crippen LogP contribution < -0.4 is 35.7 Å². The predicted molar refractivity (Wildman–Crippen MR) is 258 cm³/mol. The first kappa shape index (κ1) is 35.6. The molecule has 9 aromatic carbocycles. The van der Waals surface area contributed by atoms with Crippen LogP contribution in [0.15, 0.2) is 197 Å². The molecule has 0 bridgehead atoms. The van der Waals surface area contributed by atoms with Crippen LogP contribution in [0.3, 0.4) is 0 Å². The van der Waals surface area contributed by atoms with E-state index in [-0.39, 0.29) is 6.71 Å². The number of hydrogen-bond acceptors (Lipinski definition) is 6. The third-order valence-corrected chi connectivity index (χ3v) is 12.7. The topological polar surface area (TPSA) is 51.2 Å². The van der Waals surface area contributed by atoms with E-state index < -0.39 is 0 Å². The van der Waals surface area contributed by atoms with E-state index in [4.69, 9.17) is 18.3 Å². The Morgan fingerprint density at radius 3 is 1.25 bits per heavy atom. The normalized spacial score (nSPS) is 12.5. The van der Waals surface area contributed by atoms with E-state index >= 15 is 0 Å². The number of benzene rings is 9. The van der Waals surface area contributed by atoms with Gasteiger partial charge in [-0.1, -0.05) is 114 Å². The highest BCUT2D eigenvalue weighted by Crippen LogP contribution is 2.46. The summed E-state index contributed by atoms with van der Waals surface area (Å²) in [6, 6.07) is 65.8. The van der Waals surface area contributed by atoms with Crippen LogP contribution in [0.1, 0.15) is 11.1 Å². The van der Waals surface area contributed by atoms with Crippen molar-refractivity contribution in [1.29, 1.82) is 0 Å². The van der Waals surface area contributed by atoms with Gasteiger partial charge in [0.25, 0.3) is 6.71 Å². The molecule has 0 fully saturated rings. The Kier molecular flexibility index (Phi) is 7.73.